The molecule has 146 valence electrons. The highest BCUT2D eigenvalue weighted by molar-refractivity contribution is 5.93. The number of alkyl halides is 3. The van der Waals surface area contributed by atoms with Crippen molar-refractivity contribution in [3.63, 3.8) is 0 Å². The van der Waals surface area contributed by atoms with Crippen LogP contribution >= 0.6 is 0 Å². The summed E-state index contributed by atoms with van der Waals surface area (Å²) in [6, 6.07) is 5.92. The van der Waals surface area contributed by atoms with Crippen LogP contribution in [0.5, 0.6) is 0 Å². The minimum atomic E-state index is -4.58. The molecule has 0 unspecified atom stereocenters. The molecule has 0 spiro atoms. The summed E-state index contributed by atoms with van der Waals surface area (Å²) in [5.74, 6) is -2.28. The lowest BCUT2D eigenvalue weighted by Gasteiger charge is -2.08. The van der Waals surface area contributed by atoms with Gasteiger partial charge in [-0.25, -0.2) is 13.6 Å². The van der Waals surface area contributed by atoms with Crippen LogP contribution in [0.1, 0.15) is 16.8 Å². The second-order valence-corrected chi connectivity index (χ2v) is 5.86. The number of nitrogens with zero attached hydrogens (tertiary/aromatic N) is 2. The highest BCUT2D eigenvalue weighted by atomic mass is 19.4. The van der Waals surface area contributed by atoms with Gasteiger partial charge < -0.3 is 4.74 Å². The molecule has 0 bridgehead atoms. The quantitative estimate of drug-likeness (QED) is 0.369. The molecule has 0 fully saturated rings. The van der Waals surface area contributed by atoms with Crippen LogP contribution in [0.3, 0.4) is 0 Å². The lowest BCUT2D eigenvalue weighted by atomic mass is 10.1. The molecule has 2 aromatic carbocycles. The molecule has 0 saturated carbocycles. The molecule has 1 aromatic heterocycles. The van der Waals surface area contributed by atoms with Gasteiger partial charge in [0.05, 0.1) is 30.4 Å². The molecule has 1 heterocycles. The number of benzene rings is 2. The Labute approximate surface area is 155 Å². The van der Waals surface area contributed by atoms with E-state index in [1.54, 1.807) is 0 Å². The summed E-state index contributed by atoms with van der Waals surface area (Å²) in [7, 11) is 1.18. The number of methoxy groups -OCH3 is 1. The van der Waals surface area contributed by atoms with Crippen molar-refractivity contribution in [2.24, 2.45) is 0 Å². The number of ether oxygens (including phenoxy) is 1. The molecular weight excluding hydrogens is 383 g/mol. The first-order valence-corrected chi connectivity index (χ1v) is 7.97. The second kappa shape index (κ2) is 7.41. The average molecular weight is 396 g/mol. The highest BCUT2D eigenvalue weighted by Gasteiger charge is 2.31. The summed E-state index contributed by atoms with van der Waals surface area (Å²) in [4.78, 5) is 11.3. The summed E-state index contributed by atoms with van der Waals surface area (Å²) < 4.78 is 72.0. The zero-order valence-electron chi connectivity index (χ0n) is 14.4. The van der Waals surface area contributed by atoms with Crippen molar-refractivity contribution >= 4 is 22.9 Å². The van der Waals surface area contributed by atoms with Crippen molar-refractivity contribution in [1.29, 1.82) is 0 Å². The minimum Gasteiger partial charge on any atom is -0.466 e. The maximum Gasteiger partial charge on any atom is 0.416 e. The molecule has 0 aliphatic heterocycles. The van der Waals surface area contributed by atoms with Crippen molar-refractivity contribution in [2.45, 2.75) is 12.7 Å². The predicted octanol–water partition coefficient (Wildman–Crippen LogP) is 4.57. The lowest BCUT2D eigenvalue weighted by molar-refractivity contribution is -0.137. The third-order valence-electron chi connectivity index (χ3n) is 4.02. The van der Waals surface area contributed by atoms with E-state index in [0.717, 1.165) is 29.0 Å². The third kappa shape index (κ3) is 4.03. The van der Waals surface area contributed by atoms with Gasteiger partial charge in [-0.1, -0.05) is 6.07 Å². The number of rotatable bonds is 4. The monoisotopic (exact) mass is 396 g/mol. The third-order valence-corrected chi connectivity index (χ3v) is 4.02. The molecule has 0 amide bonds. The van der Waals surface area contributed by atoms with Crippen LogP contribution in [0.15, 0.2) is 42.5 Å². The number of hydrogen-bond donors (Lipinski definition) is 0. The Kier molecular flexibility index (Phi) is 5.17. The van der Waals surface area contributed by atoms with Crippen molar-refractivity contribution < 1.29 is 31.5 Å². The van der Waals surface area contributed by atoms with E-state index < -0.39 is 29.3 Å². The van der Waals surface area contributed by atoms with Gasteiger partial charge in [0.15, 0.2) is 0 Å². The average Bonchev–Trinajstić information content (AvgIpc) is 2.98. The molecular formula is C19H13F5N2O2. The van der Waals surface area contributed by atoms with E-state index in [0.29, 0.717) is 11.5 Å². The Morgan fingerprint density at radius 2 is 1.93 bits per heavy atom. The van der Waals surface area contributed by atoms with Gasteiger partial charge in [-0.15, -0.1) is 0 Å². The van der Waals surface area contributed by atoms with Gasteiger partial charge in [-0.05, 0) is 30.3 Å². The zero-order chi connectivity index (χ0) is 20.5. The Hall–Kier alpha value is -3.23. The number of halogens is 5. The van der Waals surface area contributed by atoms with Crippen molar-refractivity contribution in [2.75, 3.05) is 7.11 Å². The molecule has 0 N–H and O–H groups in total. The Morgan fingerprint density at radius 3 is 2.57 bits per heavy atom. The summed E-state index contributed by atoms with van der Waals surface area (Å²) in [5, 5.41) is 4.50. The molecule has 3 rings (SSSR count). The normalized spacial score (nSPS) is 12.1. The summed E-state index contributed by atoms with van der Waals surface area (Å²) in [6.45, 7) is -0.226. The molecule has 4 nitrogen and oxygen atoms in total. The number of carbonyl (C=O) groups is 1. The molecule has 0 radical (unpaired) electrons. The largest absolute Gasteiger partial charge is 0.466 e. The molecule has 9 heteroatoms. The van der Waals surface area contributed by atoms with Gasteiger partial charge in [-0.3, -0.25) is 4.68 Å². The van der Waals surface area contributed by atoms with E-state index in [9.17, 15) is 26.7 Å². The standard InChI is InChI=1S/C19H13F5N2O2/c1-28-18(27)7-6-16-14-5-3-12(19(22,23)24)8-17(14)26(25-16)10-11-2-4-13(20)9-15(11)21/h2-9H,10H2,1H3. The minimum absolute atomic E-state index is 0.0479. The van der Waals surface area contributed by atoms with Crippen LogP contribution in [-0.2, 0) is 22.3 Å². The van der Waals surface area contributed by atoms with Crippen LogP contribution in [0.2, 0.25) is 0 Å². The second-order valence-electron chi connectivity index (χ2n) is 5.86. The summed E-state index contributed by atoms with van der Waals surface area (Å²) in [6.07, 6.45) is -2.21. The van der Waals surface area contributed by atoms with Crippen LogP contribution in [0.25, 0.3) is 17.0 Å². The van der Waals surface area contributed by atoms with Crippen molar-refractivity contribution in [3.8, 4) is 0 Å². The lowest BCUT2D eigenvalue weighted by Crippen LogP contribution is -2.07. The number of carbonyl (C=O) groups excluding carboxylic acids is 1. The van der Waals surface area contributed by atoms with Crippen LogP contribution in [0.4, 0.5) is 22.0 Å². The van der Waals surface area contributed by atoms with Crippen LogP contribution in [-0.4, -0.2) is 22.9 Å². The summed E-state index contributed by atoms with van der Waals surface area (Å²) >= 11 is 0. The maximum atomic E-state index is 14.0. The molecule has 0 aliphatic rings. The van der Waals surface area contributed by atoms with Gasteiger partial charge >= 0.3 is 12.1 Å². The van der Waals surface area contributed by atoms with Gasteiger partial charge in [-0.2, -0.15) is 18.3 Å². The zero-order valence-corrected chi connectivity index (χ0v) is 14.4. The van der Waals surface area contributed by atoms with E-state index in [4.69, 9.17) is 0 Å². The molecule has 0 atom stereocenters. The Morgan fingerprint density at radius 1 is 1.18 bits per heavy atom. The van der Waals surface area contributed by atoms with Crippen LogP contribution in [0, 0.1) is 11.6 Å². The first-order chi connectivity index (χ1) is 13.2. The molecule has 28 heavy (non-hydrogen) atoms. The molecule has 0 aliphatic carbocycles. The van der Waals surface area contributed by atoms with E-state index >= 15 is 0 Å². The van der Waals surface area contributed by atoms with Crippen LogP contribution < -0.4 is 0 Å². The first-order valence-electron chi connectivity index (χ1n) is 7.97. The van der Waals surface area contributed by atoms with Crippen molar-refractivity contribution in [3.05, 3.63) is 70.9 Å². The molecule has 0 saturated heterocycles. The number of fused-ring (bicyclic) bond motifs is 1. The number of aromatic nitrogens is 2. The van der Waals surface area contributed by atoms with Gasteiger partial charge in [0.1, 0.15) is 11.6 Å². The predicted molar refractivity (Wildman–Crippen MR) is 91.2 cm³/mol. The molecule has 3 aromatic rings. The fraction of sp³-hybridized carbons (Fsp3) is 0.158. The van der Waals surface area contributed by atoms with E-state index in [1.165, 1.54) is 25.3 Å². The van der Waals surface area contributed by atoms with E-state index in [2.05, 4.69) is 9.84 Å². The number of esters is 1. The summed E-state index contributed by atoms with van der Waals surface area (Å²) in [5.41, 5.74) is -0.560. The maximum absolute atomic E-state index is 14.0. The first kappa shape index (κ1) is 19.5. The SMILES string of the molecule is COC(=O)C=Cc1nn(Cc2ccc(F)cc2F)c2cc(C(F)(F)F)ccc12. The Bertz CT molecular complexity index is 1070. The van der Waals surface area contributed by atoms with E-state index in [-0.39, 0.29) is 23.3 Å². The smallest absolute Gasteiger partial charge is 0.416 e. The Balaban J connectivity index is 2.13. The van der Waals surface area contributed by atoms with Gasteiger partial charge in [0.2, 0.25) is 0 Å². The van der Waals surface area contributed by atoms with Crippen molar-refractivity contribution in [1.82, 2.24) is 9.78 Å². The highest BCUT2D eigenvalue weighted by Crippen LogP contribution is 2.32. The number of hydrogen-bond acceptors (Lipinski definition) is 3. The van der Waals surface area contributed by atoms with Gasteiger partial charge in [0.25, 0.3) is 0 Å². The van der Waals surface area contributed by atoms with E-state index in [1.807, 2.05) is 0 Å². The topological polar surface area (TPSA) is 44.1 Å². The fourth-order valence-corrected chi connectivity index (χ4v) is 2.65. The fourth-order valence-electron chi connectivity index (χ4n) is 2.65. The van der Waals surface area contributed by atoms with Gasteiger partial charge in [0, 0.05) is 23.1 Å².